The van der Waals surface area contributed by atoms with E-state index in [-0.39, 0.29) is 5.41 Å². The Bertz CT molecular complexity index is 559. The molecule has 0 radical (unpaired) electrons. The van der Waals surface area contributed by atoms with Gasteiger partial charge in [-0.3, -0.25) is 0 Å². The number of rotatable bonds is 3. The maximum absolute atomic E-state index is 4.26. The molecule has 0 aliphatic heterocycles. The van der Waals surface area contributed by atoms with Crippen LogP contribution in [0.2, 0.25) is 0 Å². The van der Waals surface area contributed by atoms with Crippen molar-refractivity contribution in [2.24, 2.45) is 0 Å². The smallest absolute Gasteiger partial charge is 0.0382 e. The van der Waals surface area contributed by atoms with Gasteiger partial charge in [-0.2, -0.15) is 0 Å². The quantitative estimate of drug-likeness (QED) is 0.658. The number of allylic oxidation sites excluding steroid dienone is 1. The molecule has 0 atom stereocenters. The normalized spacial score (nSPS) is 11.4. The number of aryl methyl sites for hydroxylation is 2. The molecular weight excluding hydrogens is 228 g/mol. The fourth-order valence-corrected chi connectivity index (χ4v) is 2.87. The molecule has 0 heteroatoms. The predicted molar refractivity (Wildman–Crippen MR) is 83.6 cm³/mol. The standard InChI is InChI=1S/C19H22/c1-14(2)19(5,17-12-8-6-10-15(17)3)18-13-9-7-11-16(18)4/h6-13H,1H2,2-5H3. The fraction of sp³-hybridized carbons (Fsp3) is 0.263. The van der Waals surface area contributed by atoms with Crippen molar-refractivity contribution in [1.82, 2.24) is 0 Å². The first-order valence-electron chi connectivity index (χ1n) is 6.76. The summed E-state index contributed by atoms with van der Waals surface area (Å²) in [4.78, 5) is 0. The molecule has 2 rings (SSSR count). The van der Waals surface area contributed by atoms with Crippen molar-refractivity contribution in [3.8, 4) is 0 Å². The van der Waals surface area contributed by atoms with Crippen LogP contribution >= 0.6 is 0 Å². The lowest BCUT2D eigenvalue weighted by Gasteiger charge is -2.34. The molecule has 0 unspecified atom stereocenters. The lowest BCUT2D eigenvalue weighted by atomic mass is 9.69. The fourth-order valence-electron chi connectivity index (χ4n) is 2.87. The molecule has 0 N–H and O–H groups in total. The van der Waals surface area contributed by atoms with E-state index >= 15 is 0 Å². The van der Waals surface area contributed by atoms with E-state index < -0.39 is 0 Å². The van der Waals surface area contributed by atoms with Crippen LogP contribution in [0.5, 0.6) is 0 Å². The summed E-state index contributed by atoms with van der Waals surface area (Å²) in [6.07, 6.45) is 0. The Morgan fingerprint density at radius 3 is 1.53 bits per heavy atom. The maximum Gasteiger partial charge on any atom is 0.0382 e. The van der Waals surface area contributed by atoms with Gasteiger partial charge < -0.3 is 0 Å². The topological polar surface area (TPSA) is 0 Å². The number of hydrogen-bond donors (Lipinski definition) is 0. The van der Waals surface area contributed by atoms with E-state index in [0.29, 0.717) is 0 Å². The van der Waals surface area contributed by atoms with Crippen LogP contribution in [0.1, 0.15) is 36.1 Å². The van der Waals surface area contributed by atoms with Crippen LogP contribution in [0, 0.1) is 13.8 Å². The molecule has 0 bridgehead atoms. The summed E-state index contributed by atoms with van der Waals surface area (Å²) in [7, 11) is 0. The minimum absolute atomic E-state index is 0.128. The maximum atomic E-state index is 4.26. The first-order chi connectivity index (χ1) is 8.98. The third-order valence-electron chi connectivity index (χ3n) is 4.22. The Morgan fingerprint density at radius 2 is 1.21 bits per heavy atom. The summed E-state index contributed by atoms with van der Waals surface area (Å²) in [6.45, 7) is 13.0. The van der Waals surface area contributed by atoms with Crippen LogP contribution in [0.25, 0.3) is 0 Å². The molecule has 0 saturated carbocycles. The van der Waals surface area contributed by atoms with Crippen molar-refractivity contribution in [3.63, 3.8) is 0 Å². The van der Waals surface area contributed by atoms with Crippen molar-refractivity contribution in [2.45, 2.75) is 33.1 Å². The zero-order valence-electron chi connectivity index (χ0n) is 12.3. The second-order valence-electron chi connectivity index (χ2n) is 5.54. The monoisotopic (exact) mass is 250 g/mol. The summed E-state index contributed by atoms with van der Waals surface area (Å²) in [5.74, 6) is 0. The second-order valence-corrected chi connectivity index (χ2v) is 5.54. The minimum atomic E-state index is -0.128. The Morgan fingerprint density at radius 1 is 0.842 bits per heavy atom. The molecular formula is C19H22. The molecule has 19 heavy (non-hydrogen) atoms. The SMILES string of the molecule is C=C(C)C(C)(c1ccccc1C)c1ccccc1C. The van der Waals surface area contributed by atoms with Gasteiger partial charge in [-0.25, -0.2) is 0 Å². The van der Waals surface area contributed by atoms with Gasteiger partial charge in [0.15, 0.2) is 0 Å². The summed E-state index contributed by atoms with van der Waals surface area (Å²) in [6, 6.07) is 17.2. The van der Waals surface area contributed by atoms with E-state index in [4.69, 9.17) is 0 Å². The third-order valence-corrected chi connectivity index (χ3v) is 4.22. The first kappa shape index (κ1) is 13.6. The van der Waals surface area contributed by atoms with Gasteiger partial charge in [0, 0.05) is 5.41 Å². The van der Waals surface area contributed by atoms with Crippen LogP contribution in [0.15, 0.2) is 60.7 Å². The first-order valence-corrected chi connectivity index (χ1v) is 6.76. The molecule has 0 spiro atoms. The predicted octanol–water partition coefficient (Wildman–Crippen LogP) is 5.19. The molecule has 0 saturated heterocycles. The summed E-state index contributed by atoms with van der Waals surface area (Å²) in [5, 5.41) is 0. The van der Waals surface area contributed by atoms with Gasteiger partial charge in [0.2, 0.25) is 0 Å². The van der Waals surface area contributed by atoms with Crippen molar-refractivity contribution in [2.75, 3.05) is 0 Å². The molecule has 0 nitrogen and oxygen atoms in total. The highest BCUT2D eigenvalue weighted by Gasteiger charge is 2.32. The van der Waals surface area contributed by atoms with Crippen LogP contribution in [-0.4, -0.2) is 0 Å². The van der Waals surface area contributed by atoms with Gasteiger partial charge >= 0.3 is 0 Å². The lowest BCUT2D eigenvalue weighted by Crippen LogP contribution is -2.26. The van der Waals surface area contributed by atoms with E-state index in [2.05, 4.69) is 82.8 Å². The van der Waals surface area contributed by atoms with Crippen LogP contribution < -0.4 is 0 Å². The van der Waals surface area contributed by atoms with Gasteiger partial charge in [0.05, 0.1) is 0 Å². The van der Waals surface area contributed by atoms with Crippen molar-refractivity contribution in [3.05, 3.63) is 82.9 Å². The van der Waals surface area contributed by atoms with Crippen molar-refractivity contribution < 1.29 is 0 Å². The second kappa shape index (κ2) is 5.05. The molecule has 0 fully saturated rings. The Kier molecular flexibility index (Phi) is 3.61. The van der Waals surface area contributed by atoms with E-state index in [0.717, 1.165) is 0 Å². The molecule has 0 aliphatic rings. The zero-order chi connectivity index (χ0) is 14.0. The Labute approximate surface area is 116 Å². The third kappa shape index (κ3) is 2.23. The van der Waals surface area contributed by atoms with Gasteiger partial charge in [0.1, 0.15) is 0 Å². The van der Waals surface area contributed by atoms with Crippen LogP contribution in [-0.2, 0) is 5.41 Å². The molecule has 0 amide bonds. The number of benzene rings is 2. The molecule has 98 valence electrons. The Hall–Kier alpha value is -1.82. The molecule has 0 heterocycles. The van der Waals surface area contributed by atoms with E-state index in [9.17, 15) is 0 Å². The van der Waals surface area contributed by atoms with E-state index in [1.807, 2.05) is 0 Å². The summed E-state index contributed by atoms with van der Waals surface area (Å²) in [5.41, 5.74) is 6.37. The van der Waals surface area contributed by atoms with Crippen LogP contribution in [0.4, 0.5) is 0 Å². The molecule has 0 aliphatic carbocycles. The van der Waals surface area contributed by atoms with E-state index in [1.54, 1.807) is 0 Å². The number of hydrogen-bond acceptors (Lipinski definition) is 0. The molecule has 0 aromatic heterocycles. The molecule has 2 aromatic rings. The summed E-state index contributed by atoms with van der Waals surface area (Å²) < 4.78 is 0. The van der Waals surface area contributed by atoms with Gasteiger partial charge in [-0.1, -0.05) is 60.7 Å². The lowest BCUT2D eigenvalue weighted by molar-refractivity contribution is 0.666. The average molecular weight is 250 g/mol. The highest BCUT2D eigenvalue weighted by Crippen LogP contribution is 2.40. The Balaban J connectivity index is 2.73. The van der Waals surface area contributed by atoms with Gasteiger partial charge in [0.25, 0.3) is 0 Å². The highest BCUT2D eigenvalue weighted by molar-refractivity contribution is 5.51. The van der Waals surface area contributed by atoms with Gasteiger partial charge in [-0.15, -0.1) is 0 Å². The summed E-state index contributed by atoms with van der Waals surface area (Å²) >= 11 is 0. The average Bonchev–Trinajstić information content (AvgIpc) is 2.38. The van der Waals surface area contributed by atoms with Gasteiger partial charge in [-0.05, 0) is 49.9 Å². The minimum Gasteiger partial charge on any atom is -0.0989 e. The zero-order valence-corrected chi connectivity index (χ0v) is 12.3. The molecule has 2 aromatic carbocycles. The largest absolute Gasteiger partial charge is 0.0989 e. The highest BCUT2D eigenvalue weighted by atomic mass is 14.3. The van der Waals surface area contributed by atoms with Crippen molar-refractivity contribution in [1.29, 1.82) is 0 Å². The van der Waals surface area contributed by atoms with Crippen molar-refractivity contribution >= 4 is 0 Å². The van der Waals surface area contributed by atoms with E-state index in [1.165, 1.54) is 27.8 Å². The van der Waals surface area contributed by atoms with Crippen LogP contribution in [0.3, 0.4) is 0 Å².